The summed E-state index contributed by atoms with van der Waals surface area (Å²) in [6.45, 7) is 11.7. The summed E-state index contributed by atoms with van der Waals surface area (Å²) in [6, 6.07) is 0. The summed E-state index contributed by atoms with van der Waals surface area (Å²) in [5.41, 5.74) is 0. The quantitative estimate of drug-likeness (QED) is 0.336. The molecule has 0 fully saturated rings. The lowest BCUT2D eigenvalue weighted by Gasteiger charge is -2.13. The summed E-state index contributed by atoms with van der Waals surface area (Å²) >= 11 is 0. The molecule has 2 heteroatoms. The zero-order valence-corrected chi connectivity index (χ0v) is 7.75. The Bertz CT molecular complexity index is 128. The van der Waals surface area contributed by atoms with E-state index in [0.717, 1.165) is 13.1 Å². The summed E-state index contributed by atoms with van der Waals surface area (Å²) in [7, 11) is 0. The van der Waals surface area contributed by atoms with Gasteiger partial charge in [-0.05, 0) is 12.8 Å². The van der Waals surface area contributed by atoms with Crippen molar-refractivity contribution in [2.75, 3.05) is 13.1 Å². The minimum Gasteiger partial charge on any atom is -0.294 e. The van der Waals surface area contributed by atoms with Crippen LogP contribution in [0.15, 0.2) is 17.8 Å². The van der Waals surface area contributed by atoms with Gasteiger partial charge < -0.3 is 0 Å². The molecule has 0 unspecified atom stereocenters. The van der Waals surface area contributed by atoms with Gasteiger partial charge in [0.05, 0.1) is 6.54 Å². The molecule has 0 aromatic carbocycles. The number of nitrogens with zero attached hydrogens (tertiary/aromatic N) is 2. The molecule has 2 nitrogen and oxygen atoms in total. The molecular formula is C9H18N2. The Morgan fingerprint density at radius 2 is 2.18 bits per heavy atom. The van der Waals surface area contributed by atoms with Crippen LogP contribution in [-0.2, 0) is 0 Å². The molecule has 64 valence electrons. The first-order valence-electron chi connectivity index (χ1n) is 4.10. The highest BCUT2D eigenvalue weighted by atomic mass is 15.4. The van der Waals surface area contributed by atoms with Gasteiger partial charge >= 0.3 is 0 Å². The molecule has 0 spiro atoms. The highest BCUT2D eigenvalue weighted by Gasteiger charge is 1.92. The van der Waals surface area contributed by atoms with Crippen molar-refractivity contribution in [1.29, 1.82) is 0 Å². The lowest BCUT2D eigenvalue weighted by Crippen LogP contribution is -2.17. The van der Waals surface area contributed by atoms with Crippen molar-refractivity contribution in [3.8, 4) is 0 Å². The normalized spacial score (nSPS) is 10.9. The van der Waals surface area contributed by atoms with Crippen LogP contribution in [0, 0.1) is 5.92 Å². The number of likely N-dealkylation sites (N-methyl/N-ethyl adjacent to an activating group) is 1. The Labute approximate surface area is 69.6 Å². The van der Waals surface area contributed by atoms with Crippen LogP contribution in [0.3, 0.4) is 0 Å². The average Bonchev–Trinajstić information content (AvgIpc) is 1.97. The smallest absolute Gasteiger partial charge is 0.0538 e. The molecule has 0 saturated carbocycles. The third-order valence-electron chi connectivity index (χ3n) is 1.23. The lowest BCUT2D eigenvalue weighted by atomic mass is 10.3. The van der Waals surface area contributed by atoms with Gasteiger partial charge in [-0.1, -0.05) is 19.9 Å². The molecule has 0 bridgehead atoms. The number of hydrogen-bond donors (Lipinski definition) is 0. The highest BCUT2D eigenvalue weighted by molar-refractivity contribution is 5.59. The Kier molecular flexibility index (Phi) is 5.53. The van der Waals surface area contributed by atoms with E-state index < -0.39 is 0 Å². The van der Waals surface area contributed by atoms with E-state index in [1.54, 1.807) is 0 Å². The minimum absolute atomic E-state index is 0.522. The fourth-order valence-corrected chi connectivity index (χ4v) is 0.635. The van der Waals surface area contributed by atoms with E-state index in [1.165, 1.54) is 0 Å². The van der Waals surface area contributed by atoms with Crippen molar-refractivity contribution in [2.24, 2.45) is 11.0 Å². The first-order chi connectivity index (χ1) is 5.20. The Balaban J connectivity index is 3.75. The Hall–Kier alpha value is -0.790. The molecule has 0 amide bonds. The molecular weight excluding hydrogens is 136 g/mol. The van der Waals surface area contributed by atoms with Crippen molar-refractivity contribution < 1.29 is 0 Å². The predicted molar refractivity (Wildman–Crippen MR) is 50.8 cm³/mol. The molecule has 0 aliphatic heterocycles. The number of hydrazone groups is 1. The average molecular weight is 154 g/mol. The summed E-state index contributed by atoms with van der Waals surface area (Å²) in [5, 5.41) is 6.25. The van der Waals surface area contributed by atoms with Gasteiger partial charge in [0.15, 0.2) is 0 Å². The third kappa shape index (κ3) is 5.64. The fraction of sp³-hybridized carbons (Fsp3) is 0.667. The van der Waals surface area contributed by atoms with E-state index in [9.17, 15) is 0 Å². The molecule has 11 heavy (non-hydrogen) atoms. The molecule has 0 rings (SSSR count). The molecule has 0 aliphatic carbocycles. The third-order valence-corrected chi connectivity index (χ3v) is 1.23. The van der Waals surface area contributed by atoms with Gasteiger partial charge in [0.2, 0.25) is 0 Å². The van der Waals surface area contributed by atoms with Crippen molar-refractivity contribution in [1.82, 2.24) is 5.01 Å². The maximum absolute atomic E-state index is 4.27. The van der Waals surface area contributed by atoms with E-state index >= 15 is 0 Å². The van der Waals surface area contributed by atoms with Gasteiger partial charge in [-0.15, -0.1) is 6.58 Å². The van der Waals surface area contributed by atoms with Crippen molar-refractivity contribution in [3.63, 3.8) is 0 Å². The van der Waals surface area contributed by atoms with E-state index in [0.29, 0.717) is 5.92 Å². The lowest BCUT2D eigenvalue weighted by molar-refractivity contribution is 0.338. The second-order valence-corrected chi connectivity index (χ2v) is 2.80. The van der Waals surface area contributed by atoms with Crippen LogP contribution in [0.2, 0.25) is 0 Å². The van der Waals surface area contributed by atoms with E-state index in [2.05, 4.69) is 32.5 Å². The molecule has 0 aromatic heterocycles. The highest BCUT2D eigenvalue weighted by Crippen LogP contribution is 1.91. The second-order valence-electron chi connectivity index (χ2n) is 2.80. The summed E-state index contributed by atoms with van der Waals surface area (Å²) in [6.07, 6.45) is 3.81. The monoisotopic (exact) mass is 154 g/mol. The molecule has 0 heterocycles. The van der Waals surface area contributed by atoms with Gasteiger partial charge in [0, 0.05) is 12.8 Å². The molecule has 0 aromatic rings. The summed E-state index contributed by atoms with van der Waals surface area (Å²) in [5.74, 6) is 0.522. The maximum atomic E-state index is 4.27. The van der Waals surface area contributed by atoms with Gasteiger partial charge in [0.25, 0.3) is 0 Å². The Morgan fingerprint density at radius 3 is 2.55 bits per heavy atom. The largest absolute Gasteiger partial charge is 0.294 e. The summed E-state index contributed by atoms with van der Waals surface area (Å²) in [4.78, 5) is 0. The SMILES string of the molecule is C=CCN(CC)/N=C\C(C)C. The first-order valence-corrected chi connectivity index (χ1v) is 4.10. The van der Waals surface area contributed by atoms with E-state index in [4.69, 9.17) is 0 Å². The zero-order valence-electron chi connectivity index (χ0n) is 7.75. The minimum atomic E-state index is 0.522. The molecule has 0 saturated heterocycles. The fourth-order valence-electron chi connectivity index (χ4n) is 0.635. The van der Waals surface area contributed by atoms with Crippen LogP contribution < -0.4 is 0 Å². The standard InChI is InChI=1S/C9H18N2/c1-5-7-11(6-2)10-8-9(3)4/h5,8-9H,1,6-7H2,2-4H3/b10-8-. The Morgan fingerprint density at radius 1 is 1.55 bits per heavy atom. The van der Waals surface area contributed by atoms with E-state index in [-0.39, 0.29) is 0 Å². The molecule has 0 atom stereocenters. The van der Waals surface area contributed by atoms with Crippen molar-refractivity contribution >= 4 is 6.21 Å². The van der Waals surface area contributed by atoms with Crippen LogP contribution in [-0.4, -0.2) is 24.3 Å². The van der Waals surface area contributed by atoms with Crippen LogP contribution in [0.5, 0.6) is 0 Å². The van der Waals surface area contributed by atoms with Gasteiger partial charge in [-0.25, -0.2) is 0 Å². The molecule has 0 aliphatic rings. The number of hydrogen-bond acceptors (Lipinski definition) is 2. The topological polar surface area (TPSA) is 15.6 Å². The van der Waals surface area contributed by atoms with E-state index in [1.807, 2.05) is 17.3 Å². The van der Waals surface area contributed by atoms with Crippen molar-refractivity contribution in [3.05, 3.63) is 12.7 Å². The summed E-state index contributed by atoms with van der Waals surface area (Å²) < 4.78 is 0. The van der Waals surface area contributed by atoms with Crippen molar-refractivity contribution in [2.45, 2.75) is 20.8 Å². The second kappa shape index (κ2) is 5.96. The zero-order chi connectivity index (χ0) is 8.69. The predicted octanol–water partition coefficient (Wildman–Crippen LogP) is 2.14. The van der Waals surface area contributed by atoms with Crippen LogP contribution in [0.25, 0.3) is 0 Å². The molecule has 0 radical (unpaired) electrons. The van der Waals surface area contributed by atoms with Crippen LogP contribution in [0.4, 0.5) is 0 Å². The van der Waals surface area contributed by atoms with Crippen LogP contribution in [0.1, 0.15) is 20.8 Å². The van der Waals surface area contributed by atoms with Gasteiger partial charge in [-0.2, -0.15) is 5.10 Å². The maximum Gasteiger partial charge on any atom is 0.0538 e. The molecule has 0 N–H and O–H groups in total. The van der Waals surface area contributed by atoms with Gasteiger partial charge in [-0.3, -0.25) is 5.01 Å². The van der Waals surface area contributed by atoms with Gasteiger partial charge in [0.1, 0.15) is 0 Å². The van der Waals surface area contributed by atoms with Crippen LogP contribution >= 0.6 is 0 Å². The first kappa shape index (κ1) is 10.2. The number of rotatable bonds is 5.